The number of aliphatic carboxylic acids is 1. The summed E-state index contributed by atoms with van der Waals surface area (Å²) in [6.07, 6.45) is 1.16. The Morgan fingerprint density at radius 3 is 2.78 bits per heavy atom. The van der Waals surface area contributed by atoms with E-state index in [9.17, 15) is 13.2 Å². The molecule has 0 amide bonds. The minimum Gasteiger partial charge on any atom is -0.481 e. The van der Waals surface area contributed by atoms with Gasteiger partial charge in [-0.05, 0) is 12.1 Å². The number of hydrogen-bond donors (Lipinski definition) is 1. The molecule has 1 aliphatic heterocycles. The average Bonchev–Trinajstić information content (AvgIpc) is 2.86. The van der Waals surface area contributed by atoms with Crippen molar-refractivity contribution in [3.05, 3.63) is 23.7 Å². The Bertz CT molecular complexity index is 641. The molecule has 1 N–H and O–H groups in total. The van der Waals surface area contributed by atoms with Crippen molar-refractivity contribution >= 4 is 16.0 Å². The van der Waals surface area contributed by atoms with E-state index in [0.717, 1.165) is 6.26 Å². The van der Waals surface area contributed by atoms with E-state index in [1.807, 2.05) is 4.90 Å². The summed E-state index contributed by atoms with van der Waals surface area (Å²) in [5.74, 6) is 0.371. The first-order valence-corrected chi connectivity index (χ1v) is 9.13. The molecule has 2 rings (SSSR count). The Kier molecular flexibility index (Phi) is 5.79. The first-order valence-electron chi connectivity index (χ1n) is 7.28. The molecule has 1 aromatic heterocycles. The van der Waals surface area contributed by atoms with Crippen LogP contribution in [0.1, 0.15) is 17.9 Å². The summed E-state index contributed by atoms with van der Waals surface area (Å²) in [5.41, 5.74) is 0. The van der Waals surface area contributed by atoms with Crippen LogP contribution in [0.3, 0.4) is 0 Å². The number of nitrogens with zero attached hydrogens (tertiary/aromatic N) is 2. The smallest absolute Gasteiger partial charge is 0.305 e. The highest BCUT2D eigenvalue weighted by atomic mass is 32.2. The monoisotopic (exact) mass is 346 g/mol. The number of sulfonamides is 1. The number of carboxylic acid groups (broad SMARTS) is 1. The first kappa shape index (κ1) is 17.9. The summed E-state index contributed by atoms with van der Waals surface area (Å²) < 4.78 is 35.0. The maximum Gasteiger partial charge on any atom is 0.305 e. The Morgan fingerprint density at radius 2 is 2.13 bits per heavy atom. The minimum atomic E-state index is -3.26. The molecule has 8 nitrogen and oxygen atoms in total. The highest BCUT2D eigenvalue weighted by Crippen LogP contribution is 2.18. The van der Waals surface area contributed by atoms with Crippen molar-refractivity contribution in [1.29, 1.82) is 0 Å². The van der Waals surface area contributed by atoms with E-state index < -0.39 is 16.0 Å². The summed E-state index contributed by atoms with van der Waals surface area (Å²) in [7, 11) is -1.77. The van der Waals surface area contributed by atoms with Gasteiger partial charge < -0.3 is 14.3 Å². The summed E-state index contributed by atoms with van der Waals surface area (Å²) in [6.45, 7) is 2.22. The largest absolute Gasteiger partial charge is 0.481 e. The Labute approximate surface area is 135 Å². The summed E-state index contributed by atoms with van der Waals surface area (Å²) >= 11 is 0. The third-order valence-corrected chi connectivity index (χ3v) is 5.04. The zero-order valence-electron chi connectivity index (χ0n) is 13.3. The van der Waals surface area contributed by atoms with Gasteiger partial charge in [0.25, 0.3) is 0 Å². The Morgan fingerprint density at radius 1 is 1.43 bits per heavy atom. The number of ether oxygens (including phenoxy) is 1. The van der Waals surface area contributed by atoms with Gasteiger partial charge in [-0.2, -0.15) is 4.31 Å². The number of furan rings is 1. The number of carboxylic acids is 1. The third kappa shape index (κ3) is 5.31. The van der Waals surface area contributed by atoms with Gasteiger partial charge in [-0.15, -0.1) is 0 Å². The summed E-state index contributed by atoms with van der Waals surface area (Å²) in [5, 5.41) is 8.96. The number of hydrogen-bond acceptors (Lipinski definition) is 6. The molecular formula is C14H22N2O6S. The van der Waals surface area contributed by atoms with Gasteiger partial charge in [0.15, 0.2) is 0 Å². The van der Waals surface area contributed by atoms with Crippen LogP contribution in [0.25, 0.3) is 0 Å². The van der Waals surface area contributed by atoms with Gasteiger partial charge in [-0.3, -0.25) is 9.69 Å². The fraction of sp³-hybridized carbons (Fsp3) is 0.643. The van der Waals surface area contributed by atoms with E-state index in [2.05, 4.69) is 0 Å². The van der Waals surface area contributed by atoms with Crippen molar-refractivity contribution in [2.24, 2.45) is 0 Å². The highest BCUT2D eigenvalue weighted by Gasteiger charge is 2.26. The minimum absolute atomic E-state index is 0.0182. The van der Waals surface area contributed by atoms with Gasteiger partial charge in [0.2, 0.25) is 10.0 Å². The van der Waals surface area contributed by atoms with Crippen molar-refractivity contribution in [2.45, 2.75) is 25.6 Å². The van der Waals surface area contributed by atoms with Crippen LogP contribution in [0.2, 0.25) is 0 Å². The predicted octanol–water partition coefficient (Wildman–Crippen LogP) is 0.347. The molecule has 0 aromatic carbocycles. The van der Waals surface area contributed by atoms with Crippen LogP contribution in [-0.2, 0) is 32.6 Å². The van der Waals surface area contributed by atoms with Crippen molar-refractivity contribution in [3.8, 4) is 0 Å². The van der Waals surface area contributed by atoms with Gasteiger partial charge in [0.1, 0.15) is 11.5 Å². The molecule has 1 atom stereocenters. The predicted molar refractivity (Wildman–Crippen MR) is 82.3 cm³/mol. The highest BCUT2D eigenvalue weighted by molar-refractivity contribution is 7.88. The topological polar surface area (TPSA) is 100 Å². The third-order valence-electron chi connectivity index (χ3n) is 3.78. The SMILES string of the molecule is CN(Cc1ccc(CN2CCOCC2CC(=O)O)o1)S(C)(=O)=O. The van der Waals surface area contributed by atoms with Crippen LogP contribution in [0.4, 0.5) is 0 Å². The summed E-state index contributed by atoms with van der Waals surface area (Å²) in [6, 6.07) is 3.34. The Balaban J connectivity index is 1.98. The molecule has 2 heterocycles. The Hall–Kier alpha value is -1.42. The maximum absolute atomic E-state index is 11.4. The van der Waals surface area contributed by atoms with Crippen LogP contribution >= 0.6 is 0 Å². The van der Waals surface area contributed by atoms with Crippen LogP contribution in [-0.4, -0.2) is 67.8 Å². The van der Waals surface area contributed by atoms with E-state index in [1.165, 1.54) is 11.4 Å². The molecule has 0 radical (unpaired) electrons. The van der Waals surface area contributed by atoms with E-state index in [4.69, 9.17) is 14.3 Å². The van der Waals surface area contributed by atoms with Gasteiger partial charge >= 0.3 is 5.97 Å². The molecular weight excluding hydrogens is 324 g/mol. The lowest BCUT2D eigenvalue weighted by Gasteiger charge is -2.34. The normalized spacial score (nSPS) is 20.0. The van der Waals surface area contributed by atoms with Crippen LogP contribution < -0.4 is 0 Å². The van der Waals surface area contributed by atoms with Crippen molar-refractivity contribution in [1.82, 2.24) is 9.21 Å². The molecule has 0 bridgehead atoms. The molecule has 23 heavy (non-hydrogen) atoms. The zero-order valence-corrected chi connectivity index (χ0v) is 14.1. The molecule has 9 heteroatoms. The van der Waals surface area contributed by atoms with Gasteiger partial charge in [0.05, 0.1) is 39.0 Å². The molecule has 1 unspecified atom stereocenters. The molecule has 0 aliphatic carbocycles. The van der Waals surface area contributed by atoms with Gasteiger partial charge in [-0.1, -0.05) is 0 Å². The fourth-order valence-corrected chi connectivity index (χ4v) is 2.78. The van der Waals surface area contributed by atoms with Crippen LogP contribution in [0.15, 0.2) is 16.5 Å². The average molecular weight is 346 g/mol. The fourth-order valence-electron chi connectivity index (χ4n) is 2.42. The molecule has 1 saturated heterocycles. The molecule has 1 aliphatic rings. The lowest BCUT2D eigenvalue weighted by atomic mass is 10.1. The van der Waals surface area contributed by atoms with Crippen molar-refractivity contribution in [2.75, 3.05) is 33.1 Å². The molecule has 1 aromatic rings. The van der Waals surface area contributed by atoms with E-state index in [0.29, 0.717) is 37.8 Å². The van der Waals surface area contributed by atoms with Crippen LogP contribution in [0, 0.1) is 0 Å². The second-order valence-corrected chi connectivity index (χ2v) is 7.77. The van der Waals surface area contributed by atoms with Gasteiger partial charge in [0, 0.05) is 19.6 Å². The summed E-state index contributed by atoms with van der Waals surface area (Å²) in [4.78, 5) is 12.9. The number of carbonyl (C=O) groups is 1. The van der Waals surface area contributed by atoms with Gasteiger partial charge in [-0.25, -0.2) is 8.42 Å². The molecule has 0 saturated carbocycles. The zero-order chi connectivity index (χ0) is 17.0. The standard InChI is InChI=1S/C14H22N2O6S/c1-15(23(2,19)20)8-12-3-4-13(22-12)9-16-5-6-21-10-11(16)7-14(17)18/h3-4,11H,5-10H2,1-2H3,(H,17,18). The maximum atomic E-state index is 11.4. The second kappa shape index (κ2) is 7.43. The van der Waals surface area contributed by atoms with Crippen molar-refractivity contribution in [3.63, 3.8) is 0 Å². The van der Waals surface area contributed by atoms with Crippen molar-refractivity contribution < 1.29 is 27.5 Å². The molecule has 130 valence electrons. The first-order chi connectivity index (χ1) is 10.8. The van der Waals surface area contributed by atoms with E-state index in [1.54, 1.807) is 12.1 Å². The quantitative estimate of drug-likeness (QED) is 0.760. The lowest BCUT2D eigenvalue weighted by molar-refractivity contribution is -0.140. The van der Waals surface area contributed by atoms with E-state index in [-0.39, 0.29) is 19.0 Å². The molecule has 1 fully saturated rings. The second-order valence-electron chi connectivity index (χ2n) is 5.68. The number of morpholine rings is 1. The van der Waals surface area contributed by atoms with E-state index >= 15 is 0 Å². The lowest BCUT2D eigenvalue weighted by Crippen LogP contribution is -2.45. The number of rotatable bonds is 7. The molecule has 0 spiro atoms. The van der Waals surface area contributed by atoms with Crippen LogP contribution in [0.5, 0.6) is 0 Å².